The number of aryl methyl sites for hydroxylation is 1. The van der Waals surface area contributed by atoms with E-state index in [0.717, 1.165) is 31.8 Å². The third kappa shape index (κ3) is 3.67. The molecular formula is C16H23N3. The maximum absolute atomic E-state index is 4.42. The topological polar surface area (TPSA) is 29.9 Å². The molecule has 0 aliphatic rings. The van der Waals surface area contributed by atoms with Gasteiger partial charge in [-0.25, -0.2) is 4.98 Å². The maximum atomic E-state index is 4.42. The van der Waals surface area contributed by atoms with Gasteiger partial charge in [-0.05, 0) is 37.1 Å². The molecule has 0 fully saturated rings. The van der Waals surface area contributed by atoms with E-state index in [2.05, 4.69) is 53.0 Å². The van der Waals surface area contributed by atoms with E-state index >= 15 is 0 Å². The van der Waals surface area contributed by atoms with E-state index in [4.69, 9.17) is 0 Å². The van der Waals surface area contributed by atoms with Gasteiger partial charge in [-0.2, -0.15) is 0 Å². The van der Waals surface area contributed by atoms with Crippen molar-refractivity contribution in [3.8, 4) is 5.69 Å². The Labute approximate surface area is 115 Å². The zero-order valence-corrected chi connectivity index (χ0v) is 11.9. The van der Waals surface area contributed by atoms with Crippen LogP contribution in [0.15, 0.2) is 36.7 Å². The first kappa shape index (κ1) is 13.8. The lowest BCUT2D eigenvalue weighted by molar-refractivity contribution is 0.675. The Morgan fingerprint density at radius 2 is 1.89 bits per heavy atom. The van der Waals surface area contributed by atoms with Crippen molar-refractivity contribution in [1.82, 2.24) is 14.9 Å². The molecule has 0 saturated heterocycles. The van der Waals surface area contributed by atoms with Crippen LogP contribution in [0.2, 0.25) is 0 Å². The zero-order chi connectivity index (χ0) is 13.5. The molecule has 1 heterocycles. The van der Waals surface area contributed by atoms with Crippen molar-refractivity contribution in [2.24, 2.45) is 0 Å². The highest BCUT2D eigenvalue weighted by Crippen LogP contribution is 2.13. The van der Waals surface area contributed by atoms with Crippen LogP contribution in [0.1, 0.15) is 38.1 Å². The van der Waals surface area contributed by atoms with Crippen LogP contribution in [0.4, 0.5) is 0 Å². The number of hydrogen-bond donors (Lipinski definition) is 1. The molecule has 3 heteroatoms. The standard InChI is InChI=1S/C16H23N3/c1-3-5-16-18-11-12-19(16)15-8-6-14(7-9-15)13-17-10-4-2/h6-9,11-12,17H,3-5,10,13H2,1-2H3. The number of hydrogen-bond acceptors (Lipinski definition) is 2. The number of rotatable bonds is 7. The predicted molar refractivity (Wildman–Crippen MR) is 79.6 cm³/mol. The summed E-state index contributed by atoms with van der Waals surface area (Å²) >= 11 is 0. The number of nitrogens with one attached hydrogen (secondary N) is 1. The molecule has 0 atom stereocenters. The van der Waals surface area contributed by atoms with Crippen LogP contribution in [0, 0.1) is 0 Å². The SMILES string of the molecule is CCCNCc1ccc(-n2ccnc2CCC)cc1. The molecule has 3 nitrogen and oxygen atoms in total. The molecule has 1 aromatic carbocycles. The quantitative estimate of drug-likeness (QED) is 0.771. The lowest BCUT2D eigenvalue weighted by Crippen LogP contribution is -2.13. The minimum Gasteiger partial charge on any atom is -0.313 e. The van der Waals surface area contributed by atoms with Gasteiger partial charge in [0.15, 0.2) is 0 Å². The van der Waals surface area contributed by atoms with Gasteiger partial charge in [0.05, 0.1) is 0 Å². The summed E-state index contributed by atoms with van der Waals surface area (Å²) in [5.74, 6) is 1.14. The fraction of sp³-hybridized carbons (Fsp3) is 0.438. The van der Waals surface area contributed by atoms with Gasteiger partial charge in [0.25, 0.3) is 0 Å². The molecule has 0 bridgehead atoms. The summed E-state index contributed by atoms with van der Waals surface area (Å²) in [5, 5.41) is 3.42. The number of imidazole rings is 1. The van der Waals surface area contributed by atoms with Gasteiger partial charge in [-0.15, -0.1) is 0 Å². The monoisotopic (exact) mass is 257 g/mol. The van der Waals surface area contributed by atoms with E-state index in [9.17, 15) is 0 Å². The molecular weight excluding hydrogens is 234 g/mol. The minimum absolute atomic E-state index is 0.944. The first-order valence-corrected chi connectivity index (χ1v) is 7.17. The fourth-order valence-electron chi connectivity index (χ4n) is 2.16. The van der Waals surface area contributed by atoms with Gasteiger partial charge in [0.1, 0.15) is 5.82 Å². The first-order chi connectivity index (χ1) is 9.35. The van der Waals surface area contributed by atoms with Gasteiger partial charge < -0.3 is 9.88 Å². The molecule has 1 N–H and O–H groups in total. The van der Waals surface area contributed by atoms with Crippen molar-refractivity contribution in [2.45, 2.75) is 39.7 Å². The van der Waals surface area contributed by atoms with Crippen LogP contribution in [0.3, 0.4) is 0 Å². The smallest absolute Gasteiger partial charge is 0.113 e. The molecule has 0 amide bonds. The van der Waals surface area contributed by atoms with E-state index in [1.165, 1.54) is 17.7 Å². The molecule has 2 aromatic rings. The maximum Gasteiger partial charge on any atom is 0.113 e. The summed E-state index contributed by atoms with van der Waals surface area (Å²) in [7, 11) is 0. The Kier molecular flexibility index (Phi) is 5.16. The van der Waals surface area contributed by atoms with Crippen molar-refractivity contribution in [2.75, 3.05) is 6.54 Å². The van der Waals surface area contributed by atoms with Crippen LogP contribution in [-0.2, 0) is 13.0 Å². The van der Waals surface area contributed by atoms with Crippen molar-refractivity contribution in [3.05, 3.63) is 48.0 Å². The van der Waals surface area contributed by atoms with Crippen molar-refractivity contribution >= 4 is 0 Å². The molecule has 0 radical (unpaired) electrons. The molecule has 0 aliphatic carbocycles. The largest absolute Gasteiger partial charge is 0.313 e. The summed E-state index contributed by atoms with van der Waals surface area (Å²) in [6, 6.07) is 8.72. The number of benzene rings is 1. The summed E-state index contributed by atoms with van der Waals surface area (Å²) in [6.45, 7) is 6.38. The zero-order valence-electron chi connectivity index (χ0n) is 11.9. The molecule has 1 aromatic heterocycles. The Morgan fingerprint density at radius 3 is 2.58 bits per heavy atom. The van der Waals surface area contributed by atoms with Crippen LogP contribution >= 0.6 is 0 Å². The van der Waals surface area contributed by atoms with Crippen LogP contribution in [0.25, 0.3) is 5.69 Å². The van der Waals surface area contributed by atoms with Crippen molar-refractivity contribution in [1.29, 1.82) is 0 Å². The third-order valence-electron chi connectivity index (χ3n) is 3.16. The van der Waals surface area contributed by atoms with Gasteiger partial charge in [0.2, 0.25) is 0 Å². The summed E-state index contributed by atoms with van der Waals surface area (Å²) < 4.78 is 2.17. The van der Waals surface area contributed by atoms with Crippen LogP contribution in [0.5, 0.6) is 0 Å². The van der Waals surface area contributed by atoms with Gasteiger partial charge in [-0.3, -0.25) is 0 Å². The lowest BCUT2D eigenvalue weighted by atomic mass is 10.2. The number of aromatic nitrogens is 2. The Bertz CT molecular complexity index is 485. The second-order valence-corrected chi connectivity index (χ2v) is 4.81. The molecule has 0 saturated carbocycles. The fourth-order valence-corrected chi connectivity index (χ4v) is 2.16. The van der Waals surface area contributed by atoms with E-state index < -0.39 is 0 Å². The van der Waals surface area contributed by atoms with Crippen molar-refractivity contribution in [3.63, 3.8) is 0 Å². The van der Waals surface area contributed by atoms with Crippen molar-refractivity contribution < 1.29 is 0 Å². The van der Waals surface area contributed by atoms with E-state index in [0.29, 0.717) is 0 Å². The second-order valence-electron chi connectivity index (χ2n) is 4.81. The highest BCUT2D eigenvalue weighted by atomic mass is 15.1. The third-order valence-corrected chi connectivity index (χ3v) is 3.16. The summed E-state index contributed by atoms with van der Waals surface area (Å²) in [6.07, 6.45) is 7.23. The Morgan fingerprint density at radius 1 is 1.11 bits per heavy atom. The first-order valence-electron chi connectivity index (χ1n) is 7.17. The molecule has 19 heavy (non-hydrogen) atoms. The molecule has 102 valence electrons. The summed E-state index contributed by atoms with van der Waals surface area (Å²) in [5.41, 5.74) is 2.52. The molecule has 0 unspecified atom stereocenters. The Hall–Kier alpha value is -1.61. The highest BCUT2D eigenvalue weighted by Gasteiger charge is 2.03. The van der Waals surface area contributed by atoms with Gasteiger partial charge >= 0.3 is 0 Å². The average molecular weight is 257 g/mol. The summed E-state index contributed by atoms with van der Waals surface area (Å²) in [4.78, 5) is 4.42. The lowest BCUT2D eigenvalue weighted by Gasteiger charge is -2.09. The molecule has 2 rings (SSSR count). The van der Waals surface area contributed by atoms with Crippen LogP contribution in [-0.4, -0.2) is 16.1 Å². The molecule has 0 spiro atoms. The normalized spacial score (nSPS) is 10.8. The highest BCUT2D eigenvalue weighted by molar-refractivity contribution is 5.36. The second kappa shape index (κ2) is 7.10. The van der Waals surface area contributed by atoms with E-state index in [1.54, 1.807) is 0 Å². The predicted octanol–water partition coefficient (Wildman–Crippen LogP) is 3.32. The number of nitrogens with zero attached hydrogens (tertiary/aromatic N) is 2. The van der Waals surface area contributed by atoms with E-state index in [-0.39, 0.29) is 0 Å². The average Bonchev–Trinajstić information content (AvgIpc) is 2.89. The van der Waals surface area contributed by atoms with Crippen LogP contribution < -0.4 is 5.32 Å². The van der Waals surface area contributed by atoms with E-state index in [1.807, 2.05) is 12.4 Å². The van der Waals surface area contributed by atoms with Gasteiger partial charge in [0, 0.05) is 31.0 Å². The Balaban J connectivity index is 2.07. The minimum atomic E-state index is 0.944. The molecule has 0 aliphatic heterocycles. The van der Waals surface area contributed by atoms with Gasteiger partial charge in [-0.1, -0.05) is 26.0 Å².